The van der Waals surface area contributed by atoms with Gasteiger partial charge in [0.25, 0.3) is 0 Å². The van der Waals surface area contributed by atoms with E-state index in [0.29, 0.717) is 5.75 Å². The zero-order valence-electron chi connectivity index (χ0n) is 14.7. The molecule has 0 unspecified atom stereocenters. The van der Waals surface area contributed by atoms with Gasteiger partial charge in [0.2, 0.25) is 0 Å². The molecule has 0 aliphatic heterocycles. The Bertz CT molecular complexity index is 909. The first kappa shape index (κ1) is 16.2. The zero-order valence-corrected chi connectivity index (χ0v) is 14.7. The second kappa shape index (κ2) is 6.43. The molecule has 0 fully saturated rings. The van der Waals surface area contributed by atoms with E-state index in [1.54, 1.807) is 7.11 Å². The minimum atomic E-state index is 0.262. The van der Waals surface area contributed by atoms with E-state index in [4.69, 9.17) is 9.72 Å². The molecule has 24 heavy (non-hydrogen) atoms. The van der Waals surface area contributed by atoms with Gasteiger partial charge in [0.1, 0.15) is 17.1 Å². The Morgan fingerprint density at radius 2 is 1.92 bits per heavy atom. The second-order valence-corrected chi connectivity index (χ2v) is 6.24. The van der Waals surface area contributed by atoms with E-state index in [-0.39, 0.29) is 5.92 Å². The molecule has 3 aromatic rings. The monoisotopic (exact) mass is 322 g/mol. The van der Waals surface area contributed by atoms with Crippen molar-refractivity contribution < 1.29 is 4.74 Å². The van der Waals surface area contributed by atoms with Crippen LogP contribution in [-0.2, 0) is 0 Å². The summed E-state index contributed by atoms with van der Waals surface area (Å²) in [5.41, 5.74) is 4.82. The number of fused-ring (bicyclic) bond motifs is 1. The Labute approximate surface area is 142 Å². The summed E-state index contributed by atoms with van der Waals surface area (Å²) in [6.07, 6.45) is 1.98. The van der Waals surface area contributed by atoms with Gasteiger partial charge in [-0.1, -0.05) is 26.0 Å². The molecule has 0 amide bonds. The summed E-state index contributed by atoms with van der Waals surface area (Å²) in [4.78, 5) is 4.76. The van der Waals surface area contributed by atoms with Crippen molar-refractivity contribution in [2.45, 2.75) is 33.6 Å². The standard InChI is InChI=1S/C19H22N4O/c1-12(2)17-19(23-10-6-7-14(4)18(23)20-17)22-21-15-11-13(3)8-9-16(15)24-5/h6-12H,1-5H3. The summed E-state index contributed by atoms with van der Waals surface area (Å²) in [5, 5.41) is 8.96. The SMILES string of the molecule is COc1ccc(C)cc1N=Nc1c(C(C)C)nc2c(C)cccn12. The van der Waals surface area contributed by atoms with Crippen LogP contribution in [0.25, 0.3) is 5.65 Å². The number of aryl methyl sites for hydroxylation is 2. The third kappa shape index (κ3) is 2.89. The smallest absolute Gasteiger partial charge is 0.183 e. The molecule has 1 aromatic carbocycles. The molecular weight excluding hydrogens is 300 g/mol. The molecule has 0 aliphatic rings. The first-order chi connectivity index (χ1) is 11.5. The van der Waals surface area contributed by atoms with Gasteiger partial charge >= 0.3 is 0 Å². The van der Waals surface area contributed by atoms with Crippen LogP contribution in [0.1, 0.15) is 36.6 Å². The van der Waals surface area contributed by atoms with Crippen molar-refractivity contribution in [2.24, 2.45) is 10.2 Å². The van der Waals surface area contributed by atoms with Crippen LogP contribution in [0.2, 0.25) is 0 Å². The first-order valence-corrected chi connectivity index (χ1v) is 8.05. The lowest BCUT2D eigenvalue weighted by molar-refractivity contribution is 0.415. The molecule has 0 radical (unpaired) electrons. The van der Waals surface area contributed by atoms with E-state index in [9.17, 15) is 0 Å². The first-order valence-electron chi connectivity index (χ1n) is 8.05. The zero-order chi connectivity index (χ0) is 17.3. The van der Waals surface area contributed by atoms with E-state index < -0.39 is 0 Å². The maximum absolute atomic E-state index is 5.38. The number of imidazole rings is 1. The lowest BCUT2D eigenvalue weighted by Gasteiger charge is -2.05. The molecule has 3 rings (SSSR count). The van der Waals surface area contributed by atoms with Crippen molar-refractivity contribution in [1.29, 1.82) is 0 Å². The molecule has 2 heterocycles. The lowest BCUT2D eigenvalue weighted by Crippen LogP contribution is -1.88. The number of pyridine rings is 1. The number of rotatable bonds is 4. The Balaban J connectivity index is 2.14. The van der Waals surface area contributed by atoms with Gasteiger partial charge < -0.3 is 4.74 Å². The Morgan fingerprint density at radius 1 is 1.12 bits per heavy atom. The average Bonchev–Trinajstić information content (AvgIpc) is 2.93. The Hall–Kier alpha value is -2.69. The number of aromatic nitrogens is 2. The van der Waals surface area contributed by atoms with Crippen LogP contribution in [-0.4, -0.2) is 16.5 Å². The van der Waals surface area contributed by atoms with Crippen molar-refractivity contribution in [2.75, 3.05) is 7.11 Å². The quantitative estimate of drug-likeness (QED) is 0.596. The third-order valence-corrected chi connectivity index (χ3v) is 3.98. The molecule has 5 heteroatoms. The molecule has 0 bridgehead atoms. The third-order valence-electron chi connectivity index (χ3n) is 3.98. The van der Waals surface area contributed by atoms with Gasteiger partial charge in [-0.3, -0.25) is 4.40 Å². The van der Waals surface area contributed by atoms with Crippen LogP contribution < -0.4 is 4.74 Å². The maximum atomic E-state index is 5.38. The van der Waals surface area contributed by atoms with Crippen molar-refractivity contribution in [3.63, 3.8) is 0 Å². The van der Waals surface area contributed by atoms with Gasteiger partial charge in [0.05, 0.1) is 12.8 Å². The van der Waals surface area contributed by atoms with Gasteiger partial charge in [0.15, 0.2) is 5.82 Å². The van der Waals surface area contributed by atoms with E-state index in [1.807, 2.05) is 41.8 Å². The summed E-state index contributed by atoms with van der Waals surface area (Å²) in [7, 11) is 1.64. The van der Waals surface area contributed by atoms with Gasteiger partial charge in [-0.2, -0.15) is 0 Å². The number of ether oxygens (including phenoxy) is 1. The van der Waals surface area contributed by atoms with Crippen molar-refractivity contribution in [3.05, 3.63) is 53.3 Å². The van der Waals surface area contributed by atoms with E-state index in [1.165, 1.54) is 0 Å². The predicted molar refractivity (Wildman–Crippen MR) is 95.9 cm³/mol. The topological polar surface area (TPSA) is 51.2 Å². The molecule has 0 atom stereocenters. The van der Waals surface area contributed by atoms with Gasteiger partial charge in [-0.25, -0.2) is 4.98 Å². The number of azo groups is 1. The van der Waals surface area contributed by atoms with Crippen LogP contribution in [0, 0.1) is 13.8 Å². The molecule has 2 aromatic heterocycles. The molecular formula is C19H22N4O. The van der Waals surface area contributed by atoms with E-state index in [0.717, 1.165) is 34.0 Å². The highest BCUT2D eigenvalue weighted by molar-refractivity contribution is 5.58. The molecule has 0 saturated carbocycles. The average molecular weight is 322 g/mol. The Morgan fingerprint density at radius 3 is 2.62 bits per heavy atom. The highest BCUT2D eigenvalue weighted by atomic mass is 16.5. The Kier molecular flexibility index (Phi) is 4.34. The fraction of sp³-hybridized carbons (Fsp3) is 0.316. The predicted octanol–water partition coefficient (Wildman–Crippen LogP) is 5.50. The molecule has 5 nitrogen and oxygen atoms in total. The molecule has 0 N–H and O–H groups in total. The van der Waals surface area contributed by atoms with Gasteiger partial charge in [-0.15, -0.1) is 10.2 Å². The van der Waals surface area contributed by atoms with E-state index >= 15 is 0 Å². The summed E-state index contributed by atoms with van der Waals surface area (Å²) < 4.78 is 7.37. The van der Waals surface area contributed by atoms with Crippen LogP contribution in [0.3, 0.4) is 0 Å². The highest BCUT2D eigenvalue weighted by Gasteiger charge is 2.16. The molecule has 124 valence electrons. The van der Waals surface area contributed by atoms with Gasteiger partial charge in [-0.05, 0) is 49.1 Å². The van der Waals surface area contributed by atoms with Crippen LogP contribution in [0.4, 0.5) is 11.5 Å². The van der Waals surface area contributed by atoms with Crippen molar-refractivity contribution in [3.8, 4) is 5.75 Å². The van der Waals surface area contributed by atoms with Crippen LogP contribution in [0.15, 0.2) is 46.8 Å². The van der Waals surface area contributed by atoms with Crippen LogP contribution >= 0.6 is 0 Å². The number of methoxy groups -OCH3 is 1. The number of hydrogen-bond acceptors (Lipinski definition) is 4. The van der Waals surface area contributed by atoms with E-state index in [2.05, 4.69) is 37.1 Å². The number of nitrogens with zero attached hydrogens (tertiary/aromatic N) is 4. The summed E-state index contributed by atoms with van der Waals surface area (Å²) in [6.45, 7) is 8.30. The van der Waals surface area contributed by atoms with Crippen molar-refractivity contribution >= 4 is 17.2 Å². The fourth-order valence-corrected chi connectivity index (χ4v) is 2.68. The second-order valence-electron chi connectivity index (χ2n) is 6.24. The maximum Gasteiger partial charge on any atom is 0.183 e. The minimum absolute atomic E-state index is 0.262. The number of hydrogen-bond donors (Lipinski definition) is 0. The molecule has 0 spiro atoms. The summed E-state index contributed by atoms with van der Waals surface area (Å²) in [5.74, 6) is 1.74. The minimum Gasteiger partial charge on any atom is -0.494 e. The normalized spacial score (nSPS) is 11.8. The molecule has 0 aliphatic carbocycles. The van der Waals surface area contributed by atoms with Crippen molar-refractivity contribution in [1.82, 2.24) is 9.38 Å². The fourth-order valence-electron chi connectivity index (χ4n) is 2.68. The van der Waals surface area contributed by atoms with Crippen LogP contribution in [0.5, 0.6) is 5.75 Å². The summed E-state index contributed by atoms with van der Waals surface area (Å²) >= 11 is 0. The van der Waals surface area contributed by atoms with Gasteiger partial charge in [0, 0.05) is 6.20 Å². The lowest BCUT2D eigenvalue weighted by atomic mass is 10.1. The highest BCUT2D eigenvalue weighted by Crippen LogP contribution is 2.33. The summed E-state index contributed by atoms with van der Waals surface area (Å²) in [6, 6.07) is 9.92. The largest absolute Gasteiger partial charge is 0.494 e. The number of benzene rings is 1. The molecule has 0 saturated heterocycles.